The van der Waals surface area contributed by atoms with Crippen LogP contribution in [0, 0.1) is 16.7 Å². The van der Waals surface area contributed by atoms with Crippen LogP contribution in [0.15, 0.2) is 0 Å². The number of hydrogen-bond donors (Lipinski definition) is 1. The Kier molecular flexibility index (Phi) is 5.37. The van der Waals surface area contributed by atoms with E-state index in [1.807, 2.05) is 27.7 Å². The molecular weight excluding hydrogens is 214 g/mol. The van der Waals surface area contributed by atoms with E-state index in [0.29, 0.717) is 6.54 Å². The minimum absolute atomic E-state index is 0.0222. The smallest absolute Gasteiger partial charge is 0.216 e. The number of carbonyl (C=O) groups excluding carboxylic acids is 2. The van der Waals surface area contributed by atoms with Gasteiger partial charge < -0.3 is 5.32 Å². The summed E-state index contributed by atoms with van der Waals surface area (Å²) in [6.07, 6.45) is 0.775. The average molecular weight is 241 g/mol. The van der Waals surface area contributed by atoms with Crippen molar-refractivity contribution in [1.29, 1.82) is 0 Å². The minimum atomic E-state index is -0.337. The lowest BCUT2D eigenvalue weighted by Crippen LogP contribution is -2.39. The van der Waals surface area contributed by atoms with E-state index in [1.54, 1.807) is 0 Å². The SMILES string of the molecule is CC(=O)NCC(C)(C)CC(C)(C)C(=O)C(C)C. The van der Waals surface area contributed by atoms with Gasteiger partial charge in [-0.05, 0) is 11.8 Å². The Morgan fingerprint density at radius 1 is 1.12 bits per heavy atom. The fraction of sp³-hybridized carbons (Fsp3) is 0.857. The maximum atomic E-state index is 12.1. The molecule has 3 nitrogen and oxygen atoms in total. The summed E-state index contributed by atoms with van der Waals surface area (Å²) in [7, 11) is 0. The van der Waals surface area contributed by atoms with Gasteiger partial charge in [0.2, 0.25) is 5.91 Å². The van der Waals surface area contributed by atoms with Crippen LogP contribution in [0.4, 0.5) is 0 Å². The summed E-state index contributed by atoms with van der Waals surface area (Å²) in [5, 5.41) is 2.83. The topological polar surface area (TPSA) is 46.2 Å². The van der Waals surface area contributed by atoms with Gasteiger partial charge in [-0.15, -0.1) is 0 Å². The standard InChI is InChI=1S/C14H27NO2/c1-10(2)12(17)14(6,7)8-13(4,5)9-15-11(3)16/h10H,8-9H2,1-7H3,(H,15,16). The van der Waals surface area contributed by atoms with Crippen molar-refractivity contribution in [2.75, 3.05) is 6.54 Å². The number of nitrogens with one attached hydrogen (secondary N) is 1. The van der Waals surface area contributed by atoms with Gasteiger partial charge >= 0.3 is 0 Å². The molecule has 0 aromatic carbocycles. The van der Waals surface area contributed by atoms with Gasteiger partial charge in [0.15, 0.2) is 0 Å². The Bertz CT molecular complexity index is 291. The lowest BCUT2D eigenvalue weighted by molar-refractivity contribution is -0.131. The van der Waals surface area contributed by atoms with Crippen LogP contribution >= 0.6 is 0 Å². The van der Waals surface area contributed by atoms with E-state index >= 15 is 0 Å². The van der Waals surface area contributed by atoms with Crippen LogP contribution < -0.4 is 5.32 Å². The number of carbonyl (C=O) groups is 2. The van der Waals surface area contributed by atoms with Gasteiger partial charge in [-0.2, -0.15) is 0 Å². The van der Waals surface area contributed by atoms with E-state index in [2.05, 4.69) is 19.2 Å². The normalized spacial score (nSPS) is 12.7. The van der Waals surface area contributed by atoms with Gasteiger partial charge in [0, 0.05) is 24.8 Å². The van der Waals surface area contributed by atoms with Gasteiger partial charge in [0.1, 0.15) is 5.78 Å². The van der Waals surface area contributed by atoms with Crippen LogP contribution in [-0.2, 0) is 9.59 Å². The zero-order valence-corrected chi connectivity index (χ0v) is 12.3. The highest BCUT2D eigenvalue weighted by atomic mass is 16.1. The highest BCUT2D eigenvalue weighted by Gasteiger charge is 2.35. The summed E-state index contributed by atoms with van der Waals surface area (Å²) in [5.41, 5.74) is -0.407. The molecule has 100 valence electrons. The van der Waals surface area contributed by atoms with Crippen molar-refractivity contribution in [3.8, 4) is 0 Å². The number of Topliss-reactive ketones (excluding diaryl/α,β-unsaturated/α-hetero) is 1. The molecule has 17 heavy (non-hydrogen) atoms. The van der Waals surface area contributed by atoms with Crippen LogP contribution in [-0.4, -0.2) is 18.2 Å². The lowest BCUT2D eigenvalue weighted by Gasteiger charge is -2.35. The first kappa shape index (κ1) is 16.1. The molecule has 0 bridgehead atoms. The zero-order chi connectivity index (χ0) is 13.9. The quantitative estimate of drug-likeness (QED) is 0.777. The molecule has 1 N–H and O–H groups in total. The highest BCUT2D eigenvalue weighted by Crippen LogP contribution is 2.35. The first-order chi connectivity index (χ1) is 7.48. The summed E-state index contributed by atoms with van der Waals surface area (Å²) in [5.74, 6) is 0.320. The van der Waals surface area contributed by atoms with Gasteiger partial charge in [0.05, 0.1) is 0 Å². The van der Waals surface area contributed by atoms with E-state index in [9.17, 15) is 9.59 Å². The van der Waals surface area contributed by atoms with Gasteiger partial charge in [-0.25, -0.2) is 0 Å². The number of ketones is 1. The molecular formula is C14H27NO2. The molecule has 0 radical (unpaired) electrons. The predicted molar refractivity (Wildman–Crippen MR) is 70.7 cm³/mol. The molecule has 0 fully saturated rings. The van der Waals surface area contributed by atoms with E-state index in [0.717, 1.165) is 6.42 Å². The molecule has 0 unspecified atom stereocenters. The van der Waals surface area contributed by atoms with Crippen LogP contribution in [0.25, 0.3) is 0 Å². The molecule has 3 heteroatoms. The van der Waals surface area contributed by atoms with Gasteiger partial charge in [-0.3, -0.25) is 9.59 Å². The summed E-state index contributed by atoms with van der Waals surface area (Å²) in [6, 6.07) is 0. The maximum Gasteiger partial charge on any atom is 0.216 e. The largest absolute Gasteiger partial charge is 0.356 e. The van der Waals surface area contributed by atoms with Crippen molar-refractivity contribution < 1.29 is 9.59 Å². The van der Waals surface area contributed by atoms with E-state index in [-0.39, 0.29) is 28.4 Å². The predicted octanol–water partition coefficient (Wildman–Crippen LogP) is 2.79. The van der Waals surface area contributed by atoms with E-state index < -0.39 is 0 Å². The van der Waals surface area contributed by atoms with Crippen molar-refractivity contribution in [2.24, 2.45) is 16.7 Å². The first-order valence-corrected chi connectivity index (χ1v) is 6.27. The molecule has 0 saturated heterocycles. The first-order valence-electron chi connectivity index (χ1n) is 6.27. The van der Waals surface area contributed by atoms with Crippen LogP contribution in [0.2, 0.25) is 0 Å². The monoisotopic (exact) mass is 241 g/mol. The molecule has 0 atom stereocenters. The van der Waals surface area contributed by atoms with Gasteiger partial charge in [-0.1, -0.05) is 41.5 Å². The average Bonchev–Trinajstić information content (AvgIpc) is 2.12. The Morgan fingerprint density at radius 3 is 1.94 bits per heavy atom. The summed E-state index contributed by atoms with van der Waals surface area (Å²) >= 11 is 0. The van der Waals surface area contributed by atoms with Crippen LogP contribution in [0.1, 0.15) is 54.9 Å². The molecule has 1 amide bonds. The molecule has 0 saturated carbocycles. The molecule has 0 aliphatic rings. The number of amides is 1. The van der Waals surface area contributed by atoms with Crippen molar-refractivity contribution in [3.63, 3.8) is 0 Å². The Labute approximate surface area is 105 Å². The fourth-order valence-electron chi connectivity index (χ4n) is 2.49. The maximum absolute atomic E-state index is 12.1. The molecule has 0 spiro atoms. The Balaban J connectivity index is 4.58. The van der Waals surface area contributed by atoms with Crippen LogP contribution in [0.3, 0.4) is 0 Å². The lowest BCUT2D eigenvalue weighted by atomic mass is 9.70. The van der Waals surface area contributed by atoms with Crippen molar-refractivity contribution in [3.05, 3.63) is 0 Å². The van der Waals surface area contributed by atoms with E-state index in [1.165, 1.54) is 6.92 Å². The fourth-order valence-corrected chi connectivity index (χ4v) is 2.49. The minimum Gasteiger partial charge on any atom is -0.356 e. The third-order valence-corrected chi connectivity index (χ3v) is 2.93. The molecule has 0 heterocycles. The van der Waals surface area contributed by atoms with Gasteiger partial charge in [0.25, 0.3) is 0 Å². The third-order valence-electron chi connectivity index (χ3n) is 2.93. The second-order valence-corrected chi connectivity index (χ2v) is 6.65. The molecule has 0 aromatic rings. The highest BCUT2D eigenvalue weighted by molar-refractivity contribution is 5.85. The van der Waals surface area contributed by atoms with Crippen LogP contribution in [0.5, 0.6) is 0 Å². The molecule has 0 rings (SSSR count). The van der Waals surface area contributed by atoms with Crippen molar-refractivity contribution >= 4 is 11.7 Å². The number of rotatable bonds is 6. The Morgan fingerprint density at radius 2 is 1.59 bits per heavy atom. The molecule has 0 aromatic heterocycles. The zero-order valence-electron chi connectivity index (χ0n) is 12.3. The van der Waals surface area contributed by atoms with E-state index in [4.69, 9.17) is 0 Å². The summed E-state index contributed by atoms with van der Waals surface area (Å²) in [4.78, 5) is 23.0. The number of hydrogen-bond acceptors (Lipinski definition) is 2. The summed E-state index contributed by atoms with van der Waals surface area (Å²) < 4.78 is 0. The Hall–Kier alpha value is -0.860. The second kappa shape index (κ2) is 5.65. The third kappa shape index (κ3) is 5.85. The molecule has 0 aliphatic carbocycles. The van der Waals surface area contributed by atoms with Crippen molar-refractivity contribution in [1.82, 2.24) is 5.32 Å². The molecule has 0 aliphatic heterocycles. The summed E-state index contributed by atoms with van der Waals surface area (Å²) in [6.45, 7) is 14.1. The second-order valence-electron chi connectivity index (χ2n) is 6.65. The van der Waals surface area contributed by atoms with Crippen molar-refractivity contribution in [2.45, 2.75) is 54.9 Å².